The fourth-order valence-electron chi connectivity index (χ4n) is 1.54. The van der Waals surface area contributed by atoms with Gasteiger partial charge in [0.05, 0.1) is 13.2 Å². The molecule has 16 heavy (non-hydrogen) atoms. The molecule has 1 saturated heterocycles. The normalized spacial score (nSPS) is 25.6. The average Bonchev–Trinajstić information content (AvgIpc) is 2.29. The molecule has 0 bridgehead atoms. The molecule has 1 aliphatic heterocycles. The van der Waals surface area contributed by atoms with Gasteiger partial charge < -0.3 is 14.6 Å². The predicted octanol–water partition coefficient (Wildman–Crippen LogP) is -1.21. The summed E-state index contributed by atoms with van der Waals surface area (Å²) in [6, 6.07) is 1.24. The van der Waals surface area contributed by atoms with Gasteiger partial charge >= 0.3 is 5.69 Å². The van der Waals surface area contributed by atoms with Crippen molar-refractivity contribution in [3.05, 3.63) is 33.1 Å². The number of hydrogen-bond donors (Lipinski definition) is 2. The van der Waals surface area contributed by atoms with E-state index in [-0.39, 0.29) is 6.61 Å². The van der Waals surface area contributed by atoms with Crippen LogP contribution in [0.25, 0.3) is 0 Å². The van der Waals surface area contributed by atoms with Crippen LogP contribution >= 0.6 is 0 Å². The third kappa shape index (κ3) is 2.21. The number of H-pyrrole nitrogens is 1. The number of aromatic nitrogens is 2. The Morgan fingerprint density at radius 1 is 1.56 bits per heavy atom. The van der Waals surface area contributed by atoms with Crippen LogP contribution in [0.1, 0.15) is 12.6 Å². The van der Waals surface area contributed by atoms with Gasteiger partial charge in [0.25, 0.3) is 5.56 Å². The minimum atomic E-state index is -0.724. The highest BCUT2D eigenvalue weighted by atomic mass is 16.7. The summed E-state index contributed by atoms with van der Waals surface area (Å²) in [5, 5.41) is 8.87. The quantitative estimate of drug-likeness (QED) is 0.662. The van der Waals surface area contributed by atoms with Crippen LogP contribution in [-0.4, -0.2) is 34.2 Å². The van der Waals surface area contributed by atoms with Crippen LogP contribution in [0.15, 0.2) is 21.9 Å². The second-order valence-corrected chi connectivity index (χ2v) is 3.38. The monoisotopic (exact) mass is 228 g/mol. The molecule has 0 aliphatic carbocycles. The molecule has 1 fully saturated rings. The molecule has 7 nitrogen and oxygen atoms in total. The van der Waals surface area contributed by atoms with Crippen molar-refractivity contribution in [3.63, 3.8) is 0 Å². The first-order valence-electron chi connectivity index (χ1n) is 4.90. The van der Waals surface area contributed by atoms with E-state index in [1.165, 1.54) is 16.8 Å². The first-order chi connectivity index (χ1) is 7.70. The van der Waals surface area contributed by atoms with Gasteiger partial charge in [-0.3, -0.25) is 14.3 Å². The largest absolute Gasteiger partial charge is 0.391 e. The van der Waals surface area contributed by atoms with Gasteiger partial charge in [-0.25, -0.2) is 4.79 Å². The number of aliphatic hydroxyl groups excluding tert-OH is 1. The molecule has 7 heteroatoms. The van der Waals surface area contributed by atoms with Crippen LogP contribution in [0.5, 0.6) is 0 Å². The molecule has 2 rings (SSSR count). The van der Waals surface area contributed by atoms with Crippen LogP contribution in [0.3, 0.4) is 0 Å². The summed E-state index contributed by atoms with van der Waals surface area (Å²) >= 11 is 0. The minimum absolute atomic E-state index is 0.269. The number of aliphatic hydroxyl groups is 1. The molecular formula is C9H12N2O5. The molecule has 1 aliphatic rings. The molecule has 0 spiro atoms. The van der Waals surface area contributed by atoms with Gasteiger partial charge in [0.2, 0.25) is 0 Å². The predicted molar refractivity (Wildman–Crippen MR) is 52.9 cm³/mol. The molecule has 1 aromatic heterocycles. The lowest BCUT2D eigenvalue weighted by Gasteiger charge is -2.29. The number of rotatable bonds is 2. The molecule has 0 radical (unpaired) electrons. The van der Waals surface area contributed by atoms with Gasteiger partial charge in [-0.15, -0.1) is 0 Å². The molecule has 0 unspecified atom stereocenters. The van der Waals surface area contributed by atoms with E-state index in [9.17, 15) is 9.59 Å². The number of nitrogens with one attached hydrogen (secondary N) is 1. The van der Waals surface area contributed by atoms with E-state index < -0.39 is 23.8 Å². The molecule has 2 heterocycles. The lowest BCUT2D eigenvalue weighted by molar-refractivity contribution is -0.246. The highest BCUT2D eigenvalue weighted by molar-refractivity contribution is 4.84. The van der Waals surface area contributed by atoms with Gasteiger partial charge in [0.1, 0.15) is 6.23 Å². The van der Waals surface area contributed by atoms with Gasteiger partial charge in [0.15, 0.2) is 6.29 Å². The Kier molecular flexibility index (Phi) is 3.18. The Balaban J connectivity index is 2.23. The summed E-state index contributed by atoms with van der Waals surface area (Å²) in [6.07, 6.45) is 0.612. The summed E-state index contributed by atoms with van der Waals surface area (Å²) in [4.78, 5) is 24.5. The standard InChI is InChI=1S/C9H12N2O5/c12-5-8-15-4-2-7(16-8)11-3-1-6(13)10-9(11)14/h1,3,7-8,12H,2,4-5H2,(H,10,13,14)/t7-,8-/m0/s1. The number of hydrogen-bond acceptors (Lipinski definition) is 5. The van der Waals surface area contributed by atoms with Crippen molar-refractivity contribution in [2.75, 3.05) is 13.2 Å². The average molecular weight is 228 g/mol. The van der Waals surface area contributed by atoms with Crippen LogP contribution < -0.4 is 11.2 Å². The summed E-state index contributed by atoms with van der Waals surface area (Å²) < 4.78 is 11.7. The van der Waals surface area contributed by atoms with Crippen molar-refractivity contribution >= 4 is 0 Å². The van der Waals surface area contributed by atoms with Crippen LogP contribution in [0, 0.1) is 0 Å². The van der Waals surface area contributed by atoms with Crippen molar-refractivity contribution in [3.8, 4) is 0 Å². The number of nitrogens with zero attached hydrogens (tertiary/aromatic N) is 1. The molecule has 88 valence electrons. The number of aromatic amines is 1. The zero-order valence-corrected chi connectivity index (χ0v) is 8.46. The van der Waals surface area contributed by atoms with Crippen LogP contribution in [-0.2, 0) is 9.47 Å². The molecular weight excluding hydrogens is 216 g/mol. The molecule has 1 aromatic rings. The van der Waals surface area contributed by atoms with Crippen molar-refractivity contribution in [1.82, 2.24) is 9.55 Å². The maximum absolute atomic E-state index is 11.5. The third-order valence-corrected chi connectivity index (χ3v) is 2.29. The van der Waals surface area contributed by atoms with Crippen molar-refractivity contribution in [2.24, 2.45) is 0 Å². The van der Waals surface area contributed by atoms with Gasteiger partial charge in [-0.05, 0) is 0 Å². The topological polar surface area (TPSA) is 93.5 Å². The van der Waals surface area contributed by atoms with Crippen LogP contribution in [0.4, 0.5) is 0 Å². The second-order valence-electron chi connectivity index (χ2n) is 3.38. The Morgan fingerprint density at radius 2 is 2.38 bits per heavy atom. The van der Waals surface area contributed by atoms with E-state index >= 15 is 0 Å². The lowest BCUT2D eigenvalue weighted by atomic mass is 10.3. The van der Waals surface area contributed by atoms with Gasteiger partial charge in [-0.1, -0.05) is 0 Å². The Morgan fingerprint density at radius 3 is 3.06 bits per heavy atom. The van der Waals surface area contributed by atoms with Gasteiger partial charge in [-0.2, -0.15) is 0 Å². The van der Waals surface area contributed by atoms with Crippen LogP contribution in [0.2, 0.25) is 0 Å². The van der Waals surface area contributed by atoms with E-state index in [0.29, 0.717) is 13.0 Å². The highest BCUT2D eigenvalue weighted by Crippen LogP contribution is 2.19. The summed E-state index contributed by atoms with van der Waals surface area (Å²) in [5.74, 6) is 0. The van der Waals surface area contributed by atoms with E-state index in [1.807, 2.05) is 0 Å². The molecule has 0 amide bonds. The maximum atomic E-state index is 11.5. The molecule has 0 saturated carbocycles. The Hall–Kier alpha value is -1.44. The van der Waals surface area contributed by atoms with Crippen molar-refractivity contribution in [2.45, 2.75) is 18.9 Å². The molecule has 2 atom stereocenters. The fourth-order valence-corrected chi connectivity index (χ4v) is 1.54. The fraction of sp³-hybridized carbons (Fsp3) is 0.556. The lowest BCUT2D eigenvalue weighted by Crippen LogP contribution is -2.39. The Bertz CT molecular complexity index is 465. The first-order valence-corrected chi connectivity index (χ1v) is 4.90. The highest BCUT2D eigenvalue weighted by Gasteiger charge is 2.24. The van der Waals surface area contributed by atoms with E-state index in [1.54, 1.807) is 0 Å². The summed E-state index contributed by atoms with van der Waals surface area (Å²) in [6.45, 7) is 0.121. The molecule has 0 aromatic carbocycles. The van der Waals surface area contributed by atoms with E-state index in [2.05, 4.69) is 4.98 Å². The van der Waals surface area contributed by atoms with E-state index in [0.717, 1.165) is 0 Å². The maximum Gasteiger partial charge on any atom is 0.330 e. The molecule has 2 N–H and O–H groups in total. The second kappa shape index (κ2) is 4.60. The van der Waals surface area contributed by atoms with Gasteiger partial charge in [0, 0.05) is 18.7 Å². The van der Waals surface area contributed by atoms with Crippen molar-refractivity contribution in [1.29, 1.82) is 0 Å². The zero-order valence-electron chi connectivity index (χ0n) is 8.46. The Labute approximate surface area is 90.2 Å². The first kappa shape index (κ1) is 11.1. The smallest absolute Gasteiger partial charge is 0.330 e. The SMILES string of the molecule is O=c1ccn([C@@H]2CCO[C@H](CO)O2)c(=O)[nH]1. The summed E-state index contributed by atoms with van der Waals surface area (Å²) in [7, 11) is 0. The minimum Gasteiger partial charge on any atom is -0.391 e. The van der Waals surface area contributed by atoms with Crippen molar-refractivity contribution < 1.29 is 14.6 Å². The third-order valence-electron chi connectivity index (χ3n) is 2.29. The summed E-state index contributed by atoms with van der Waals surface area (Å²) in [5.41, 5.74) is -0.983. The van der Waals surface area contributed by atoms with E-state index in [4.69, 9.17) is 14.6 Å². The zero-order chi connectivity index (χ0) is 11.5. The number of ether oxygens (including phenoxy) is 2.